The predicted octanol–water partition coefficient (Wildman–Crippen LogP) is 3.01. The first kappa shape index (κ1) is 12.3. The van der Waals surface area contributed by atoms with Crippen molar-refractivity contribution in [2.24, 2.45) is 4.99 Å². The summed E-state index contributed by atoms with van der Waals surface area (Å²) >= 11 is 0. The Labute approximate surface area is 106 Å². The van der Waals surface area contributed by atoms with Gasteiger partial charge in [0.05, 0.1) is 17.7 Å². The van der Waals surface area contributed by atoms with Crippen LogP contribution in [0.3, 0.4) is 0 Å². The van der Waals surface area contributed by atoms with Crippen LogP contribution < -0.4 is 0 Å². The van der Waals surface area contributed by atoms with Gasteiger partial charge in [-0.05, 0) is 31.7 Å². The minimum absolute atomic E-state index is 0.00532. The second kappa shape index (κ2) is 5.01. The molecule has 1 aromatic carbocycles. The van der Waals surface area contributed by atoms with Crippen LogP contribution in [0, 0.1) is 17.1 Å². The summed E-state index contributed by atoms with van der Waals surface area (Å²) in [6.07, 6.45) is 3.42. The molecular weight excluding hydrogens is 229 g/mol. The zero-order chi connectivity index (χ0) is 13.1. The Morgan fingerprint density at radius 1 is 1.61 bits per heavy atom. The van der Waals surface area contributed by atoms with Crippen molar-refractivity contribution >= 4 is 6.72 Å². The number of halogens is 1. The first-order valence-corrected chi connectivity index (χ1v) is 5.74. The molecule has 92 valence electrons. The Bertz CT molecular complexity index is 542. The molecule has 1 saturated heterocycles. The summed E-state index contributed by atoms with van der Waals surface area (Å²) in [5.41, 5.74) is 2.03. The predicted molar refractivity (Wildman–Crippen MR) is 68.5 cm³/mol. The van der Waals surface area contributed by atoms with E-state index in [-0.39, 0.29) is 11.9 Å². The number of rotatable bonds is 2. The van der Waals surface area contributed by atoms with E-state index >= 15 is 0 Å². The van der Waals surface area contributed by atoms with E-state index in [0.29, 0.717) is 11.1 Å². The maximum absolute atomic E-state index is 13.9. The molecule has 1 heterocycles. The summed E-state index contributed by atoms with van der Waals surface area (Å²) in [6.45, 7) is 3.43. The normalized spacial score (nSPS) is 21.1. The van der Waals surface area contributed by atoms with Crippen LogP contribution in [0.5, 0.6) is 0 Å². The van der Waals surface area contributed by atoms with Gasteiger partial charge in [0.15, 0.2) is 0 Å². The Morgan fingerprint density at radius 3 is 3.00 bits per heavy atom. The molecule has 4 heteroatoms. The fraction of sp³-hybridized carbons (Fsp3) is 0.286. The minimum Gasteiger partial charge on any atom is -0.369 e. The SMILES string of the molecule is C=N/C=C1/CC[C@H](c2ccc(C#N)cc2F)N1C. The van der Waals surface area contributed by atoms with Crippen LogP contribution in [0.25, 0.3) is 0 Å². The van der Waals surface area contributed by atoms with Crippen molar-refractivity contribution in [3.05, 3.63) is 47.0 Å². The van der Waals surface area contributed by atoms with E-state index in [1.807, 2.05) is 18.0 Å². The van der Waals surface area contributed by atoms with Crippen molar-refractivity contribution in [1.82, 2.24) is 4.90 Å². The highest BCUT2D eigenvalue weighted by Crippen LogP contribution is 2.37. The van der Waals surface area contributed by atoms with Crippen LogP contribution in [0.15, 0.2) is 35.1 Å². The lowest BCUT2D eigenvalue weighted by Crippen LogP contribution is -2.17. The van der Waals surface area contributed by atoms with E-state index in [1.54, 1.807) is 18.3 Å². The second-order valence-corrected chi connectivity index (χ2v) is 4.32. The number of nitrogens with zero attached hydrogens (tertiary/aromatic N) is 3. The monoisotopic (exact) mass is 243 g/mol. The standard InChI is InChI=1S/C14H14FN3/c1-17-9-11-4-6-14(18(11)2)12-5-3-10(8-16)7-13(12)15/h3,5,7,9,14H,1,4,6H2,2H3/b11-9-/t14-/m1/s1. The highest BCUT2D eigenvalue weighted by molar-refractivity contribution is 5.35. The van der Waals surface area contributed by atoms with Gasteiger partial charge in [0.25, 0.3) is 0 Å². The van der Waals surface area contributed by atoms with Gasteiger partial charge in [0, 0.05) is 24.5 Å². The van der Waals surface area contributed by atoms with Crippen LogP contribution in [-0.4, -0.2) is 18.7 Å². The average Bonchev–Trinajstić information content (AvgIpc) is 2.72. The zero-order valence-electron chi connectivity index (χ0n) is 10.2. The van der Waals surface area contributed by atoms with Crippen molar-refractivity contribution in [1.29, 1.82) is 5.26 Å². The first-order valence-electron chi connectivity index (χ1n) is 5.74. The molecular formula is C14H14FN3. The van der Waals surface area contributed by atoms with Crippen LogP contribution in [0.4, 0.5) is 4.39 Å². The maximum atomic E-state index is 13.9. The third-order valence-corrected chi connectivity index (χ3v) is 3.32. The van der Waals surface area contributed by atoms with Gasteiger partial charge in [-0.15, -0.1) is 0 Å². The molecule has 0 aliphatic carbocycles. The Kier molecular flexibility index (Phi) is 3.42. The summed E-state index contributed by atoms with van der Waals surface area (Å²) in [6, 6.07) is 6.58. The van der Waals surface area contributed by atoms with Crippen molar-refractivity contribution < 1.29 is 4.39 Å². The number of hydrogen-bond acceptors (Lipinski definition) is 3. The number of nitriles is 1. The molecule has 0 amide bonds. The Balaban J connectivity index is 2.31. The molecule has 0 radical (unpaired) electrons. The average molecular weight is 243 g/mol. The second-order valence-electron chi connectivity index (χ2n) is 4.32. The van der Waals surface area contributed by atoms with Crippen LogP contribution in [-0.2, 0) is 0 Å². The van der Waals surface area contributed by atoms with Crippen LogP contribution in [0.1, 0.15) is 30.0 Å². The summed E-state index contributed by atoms with van der Waals surface area (Å²) < 4.78 is 13.9. The van der Waals surface area contributed by atoms with Crippen molar-refractivity contribution in [2.75, 3.05) is 7.05 Å². The van der Waals surface area contributed by atoms with Gasteiger partial charge in [-0.1, -0.05) is 6.07 Å². The highest BCUT2D eigenvalue weighted by Gasteiger charge is 2.28. The highest BCUT2D eigenvalue weighted by atomic mass is 19.1. The Hall–Kier alpha value is -2.15. The van der Waals surface area contributed by atoms with Gasteiger partial charge < -0.3 is 4.90 Å². The van der Waals surface area contributed by atoms with Gasteiger partial charge in [-0.3, -0.25) is 4.99 Å². The maximum Gasteiger partial charge on any atom is 0.129 e. The zero-order valence-corrected chi connectivity index (χ0v) is 10.2. The van der Waals surface area contributed by atoms with E-state index in [1.165, 1.54) is 6.07 Å². The minimum atomic E-state index is -0.321. The quantitative estimate of drug-likeness (QED) is 0.749. The van der Waals surface area contributed by atoms with Gasteiger partial charge in [-0.2, -0.15) is 5.26 Å². The molecule has 0 saturated carbocycles. The molecule has 1 fully saturated rings. The molecule has 0 N–H and O–H groups in total. The molecule has 0 spiro atoms. The molecule has 0 aromatic heterocycles. The number of benzene rings is 1. The van der Waals surface area contributed by atoms with Gasteiger partial charge >= 0.3 is 0 Å². The molecule has 1 aromatic rings. The molecule has 1 aliphatic rings. The number of likely N-dealkylation sites (tertiary alicyclic amines) is 1. The van der Waals surface area contributed by atoms with Crippen molar-refractivity contribution in [2.45, 2.75) is 18.9 Å². The van der Waals surface area contributed by atoms with E-state index < -0.39 is 0 Å². The molecule has 2 rings (SSSR count). The molecule has 3 nitrogen and oxygen atoms in total. The van der Waals surface area contributed by atoms with Gasteiger partial charge in [0.2, 0.25) is 0 Å². The Morgan fingerprint density at radius 2 is 2.39 bits per heavy atom. The van der Waals surface area contributed by atoms with E-state index in [0.717, 1.165) is 18.5 Å². The van der Waals surface area contributed by atoms with Crippen LogP contribution in [0.2, 0.25) is 0 Å². The smallest absolute Gasteiger partial charge is 0.129 e. The summed E-state index contributed by atoms with van der Waals surface area (Å²) in [7, 11) is 1.92. The summed E-state index contributed by atoms with van der Waals surface area (Å²) in [4.78, 5) is 5.77. The van der Waals surface area contributed by atoms with E-state index in [9.17, 15) is 4.39 Å². The topological polar surface area (TPSA) is 39.4 Å². The number of hydrogen-bond donors (Lipinski definition) is 0. The molecule has 1 atom stereocenters. The molecule has 1 aliphatic heterocycles. The third kappa shape index (κ3) is 2.12. The number of allylic oxidation sites excluding steroid dienone is 1. The molecule has 18 heavy (non-hydrogen) atoms. The fourth-order valence-corrected chi connectivity index (χ4v) is 2.35. The lowest BCUT2D eigenvalue weighted by atomic mass is 10.0. The van der Waals surface area contributed by atoms with Crippen molar-refractivity contribution in [3.63, 3.8) is 0 Å². The third-order valence-electron chi connectivity index (χ3n) is 3.32. The van der Waals surface area contributed by atoms with Crippen molar-refractivity contribution in [3.8, 4) is 6.07 Å². The van der Waals surface area contributed by atoms with E-state index in [2.05, 4.69) is 11.7 Å². The lowest BCUT2D eigenvalue weighted by Gasteiger charge is -2.23. The molecule has 0 bridgehead atoms. The molecule has 0 unspecified atom stereocenters. The fourth-order valence-electron chi connectivity index (χ4n) is 2.35. The first-order chi connectivity index (χ1) is 8.67. The van der Waals surface area contributed by atoms with Crippen LogP contribution >= 0.6 is 0 Å². The summed E-state index contributed by atoms with van der Waals surface area (Å²) in [5.74, 6) is -0.321. The van der Waals surface area contributed by atoms with Gasteiger partial charge in [0.1, 0.15) is 5.82 Å². The largest absolute Gasteiger partial charge is 0.369 e. The van der Waals surface area contributed by atoms with Gasteiger partial charge in [-0.25, -0.2) is 4.39 Å². The van der Waals surface area contributed by atoms with E-state index in [4.69, 9.17) is 5.26 Å². The number of aliphatic imine (C=N–C) groups is 1. The summed E-state index contributed by atoms with van der Waals surface area (Å²) in [5, 5.41) is 8.73. The lowest BCUT2D eigenvalue weighted by molar-refractivity contribution is 0.350.